The standard InChI is InChI=1S/C21H18N2O5/c1-14-19(21(25)28-2)17(12-16-10-6-7-11-18(16)23(26)27)20(24)22(14)13-15-8-4-3-5-9-15/h3-12H,13H2,1-2H3/b17-12-. The average Bonchev–Trinajstić information content (AvgIpc) is 2.93. The van der Waals surface area contributed by atoms with Gasteiger partial charge in [0.25, 0.3) is 11.6 Å². The molecular weight excluding hydrogens is 360 g/mol. The SMILES string of the molecule is COC(=O)C1=C(C)N(Cc2ccccc2)C(=O)/C1=C\c1ccccc1[N+](=O)[O-]. The van der Waals surface area contributed by atoms with Crippen LogP contribution in [0.3, 0.4) is 0 Å². The van der Waals surface area contributed by atoms with Gasteiger partial charge < -0.3 is 9.64 Å². The Morgan fingerprint density at radius 1 is 1.14 bits per heavy atom. The van der Waals surface area contributed by atoms with Crippen LogP contribution >= 0.6 is 0 Å². The minimum absolute atomic E-state index is 0.0783. The lowest BCUT2D eigenvalue weighted by Crippen LogP contribution is -2.24. The van der Waals surface area contributed by atoms with Crippen molar-refractivity contribution in [1.29, 1.82) is 0 Å². The number of nitro benzene ring substituents is 1. The number of amides is 1. The Morgan fingerprint density at radius 3 is 2.43 bits per heavy atom. The molecule has 0 fully saturated rings. The Morgan fingerprint density at radius 2 is 1.79 bits per heavy atom. The Balaban J connectivity index is 2.09. The van der Waals surface area contributed by atoms with E-state index < -0.39 is 16.8 Å². The van der Waals surface area contributed by atoms with Gasteiger partial charge in [0, 0.05) is 11.8 Å². The number of benzene rings is 2. The quantitative estimate of drug-likeness (QED) is 0.344. The first-order valence-corrected chi connectivity index (χ1v) is 8.54. The molecule has 7 nitrogen and oxygen atoms in total. The molecule has 0 unspecified atom stereocenters. The molecule has 142 valence electrons. The third kappa shape index (κ3) is 3.55. The summed E-state index contributed by atoms with van der Waals surface area (Å²) >= 11 is 0. The van der Waals surface area contributed by atoms with Crippen LogP contribution in [0.1, 0.15) is 18.1 Å². The van der Waals surface area contributed by atoms with Gasteiger partial charge in [-0.3, -0.25) is 14.9 Å². The number of para-hydroxylation sites is 1. The fraction of sp³-hybridized carbons (Fsp3) is 0.143. The number of nitrogens with zero attached hydrogens (tertiary/aromatic N) is 2. The normalized spacial score (nSPS) is 15.3. The van der Waals surface area contributed by atoms with Gasteiger partial charge in [-0.1, -0.05) is 42.5 Å². The van der Waals surface area contributed by atoms with Gasteiger partial charge in [-0.2, -0.15) is 0 Å². The highest BCUT2D eigenvalue weighted by Gasteiger charge is 2.37. The van der Waals surface area contributed by atoms with Gasteiger partial charge in [0.1, 0.15) is 0 Å². The third-order valence-electron chi connectivity index (χ3n) is 4.52. The number of nitro groups is 1. The van der Waals surface area contributed by atoms with Gasteiger partial charge >= 0.3 is 5.97 Å². The molecule has 7 heteroatoms. The van der Waals surface area contributed by atoms with E-state index >= 15 is 0 Å². The summed E-state index contributed by atoms with van der Waals surface area (Å²) in [5.74, 6) is -1.06. The van der Waals surface area contributed by atoms with Crippen molar-refractivity contribution in [3.8, 4) is 0 Å². The molecule has 0 atom stereocenters. The number of carbonyl (C=O) groups excluding carboxylic acids is 2. The molecule has 2 aromatic rings. The van der Waals surface area contributed by atoms with E-state index in [9.17, 15) is 19.7 Å². The fourth-order valence-electron chi connectivity index (χ4n) is 3.12. The first kappa shape index (κ1) is 19.0. The van der Waals surface area contributed by atoms with E-state index in [1.165, 1.54) is 30.2 Å². The van der Waals surface area contributed by atoms with Crippen molar-refractivity contribution in [1.82, 2.24) is 4.90 Å². The lowest BCUT2D eigenvalue weighted by molar-refractivity contribution is -0.385. The lowest BCUT2D eigenvalue weighted by Gasteiger charge is -2.17. The summed E-state index contributed by atoms with van der Waals surface area (Å²) in [6.07, 6.45) is 1.38. The van der Waals surface area contributed by atoms with E-state index in [-0.39, 0.29) is 28.9 Å². The molecular formula is C21H18N2O5. The van der Waals surface area contributed by atoms with Crippen molar-refractivity contribution in [2.24, 2.45) is 0 Å². The predicted molar refractivity (Wildman–Crippen MR) is 103 cm³/mol. The first-order chi connectivity index (χ1) is 13.4. The third-order valence-corrected chi connectivity index (χ3v) is 4.52. The molecule has 1 heterocycles. The monoisotopic (exact) mass is 378 g/mol. The van der Waals surface area contributed by atoms with Gasteiger partial charge in [0.05, 0.1) is 35.3 Å². The number of hydrogen-bond acceptors (Lipinski definition) is 5. The number of esters is 1. The van der Waals surface area contributed by atoms with Crippen molar-refractivity contribution < 1.29 is 19.2 Å². The summed E-state index contributed by atoms with van der Waals surface area (Å²) in [6, 6.07) is 15.4. The highest BCUT2D eigenvalue weighted by atomic mass is 16.6. The van der Waals surface area contributed by atoms with Crippen LogP contribution in [0.4, 0.5) is 5.69 Å². The van der Waals surface area contributed by atoms with Crippen LogP contribution in [0.2, 0.25) is 0 Å². The number of methoxy groups -OCH3 is 1. The minimum Gasteiger partial charge on any atom is -0.465 e. The Labute approximate surface area is 161 Å². The number of allylic oxidation sites excluding steroid dienone is 1. The van der Waals surface area contributed by atoms with E-state index in [2.05, 4.69) is 0 Å². The number of carbonyl (C=O) groups is 2. The van der Waals surface area contributed by atoms with Gasteiger partial charge in [-0.05, 0) is 24.6 Å². The van der Waals surface area contributed by atoms with Crippen LogP contribution < -0.4 is 0 Å². The summed E-state index contributed by atoms with van der Waals surface area (Å²) < 4.78 is 4.85. The summed E-state index contributed by atoms with van der Waals surface area (Å²) in [5.41, 5.74) is 1.63. The largest absolute Gasteiger partial charge is 0.465 e. The van der Waals surface area contributed by atoms with E-state index in [4.69, 9.17) is 4.74 Å². The van der Waals surface area contributed by atoms with Gasteiger partial charge in [0.15, 0.2) is 0 Å². The fourth-order valence-corrected chi connectivity index (χ4v) is 3.12. The maximum absolute atomic E-state index is 13.1. The molecule has 1 aliphatic heterocycles. The van der Waals surface area contributed by atoms with Crippen molar-refractivity contribution in [3.63, 3.8) is 0 Å². The highest BCUT2D eigenvalue weighted by molar-refractivity contribution is 6.16. The van der Waals surface area contributed by atoms with Crippen LogP contribution in [0.25, 0.3) is 6.08 Å². The molecule has 3 rings (SSSR count). The molecule has 0 spiro atoms. The molecule has 0 radical (unpaired) electrons. The highest BCUT2D eigenvalue weighted by Crippen LogP contribution is 2.34. The second kappa shape index (κ2) is 7.87. The number of ether oxygens (including phenoxy) is 1. The zero-order chi connectivity index (χ0) is 20.3. The number of hydrogen-bond donors (Lipinski definition) is 0. The number of rotatable bonds is 5. The lowest BCUT2D eigenvalue weighted by atomic mass is 10.0. The topological polar surface area (TPSA) is 89.8 Å². The molecule has 2 aromatic carbocycles. The van der Waals surface area contributed by atoms with Crippen molar-refractivity contribution in [3.05, 3.63) is 92.7 Å². The Hall–Kier alpha value is -3.74. The Bertz CT molecular complexity index is 1010. The van der Waals surface area contributed by atoms with E-state index in [0.717, 1.165) is 5.56 Å². The van der Waals surface area contributed by atoms with Gasteiger partial charge in [-0.25, -0.2) is 4.79 Å². The maximum Gasteiger partial charge on any atom is 0.340 e. The van der Waals surface area contributed by atoms with Crippen LogP contribution in [0, 0.1) is 10.1 Å². The molecule has 0 N–H and O–H groups in total. The smallest absolute Gasteiger partial charge is 0.340 e. The summed E-state index contributed by atoms with van der Waals surface area (Å²) in [5, 5.41) is 11.3. The van der Waals surface area contributed by atoms with E-state index in [0.29, 0.717) is 5.70 Å². The molecule has 0 bridgehead atoms. The molecule has 1 aliphatic rings. The minimum atomic E-state index is -0.661. The van der Waals surface area contributed by atoms with Crippen molar-refractivity contribution in [2.45, 2.75) is 13.5 Å². The van der Waals surface area contributed by atoms with Crippen LogP contribution in [0.15, 0.2) is 71.4 Å². The molecule has 1 amide bonds. The molecule has 0 saturated carbocycles. The Kier molecular flexibility index (Phi) is 5.35. The average molecular weight is 378 g/mol. The van der Waals surface area contributed by atoms with Crippen molar-refractivity contribution >= 4 is 23.6 Å². The zero-order valence-corrected chi connectivity index (χ0v) is 15.4. The predicted octanol–water partition coefficient (Wildman–Crippen LogP) is 3.47. The van der Waals surface area contributed by atoms with Crippen LogP contribution in [-0.2, 0) is 20.9 Å². The van der Waals surface area contributed by atoms with Crippen molar-refractivity contribution in [2.75, 3.05) is 7.11 Å². The molecule has 28 heavy (non-hydrogen) atoms. The summed E-state index contributed by atoms with van der Waals surface area (Å²) in [4.78, 5) is 37.7. The van der Waals surface area contributed by atoms with E-state index in [1.807, 2.05) is 30.3 Å². The maximum atomic E-state index is 13.1. The summed E-state index contributed by atoms with van der Waals surface area (Å²) in [6.45, 7) is 1.94. The van der Waals surface area contributed by atoms with Gasteiger partial charge in [-0.15, -0.1) is 0 Å². The molecule has 0 aromatic heterocycles. The summed E-state index contributed by atoms with van der Waals surface area (Å²) in [7, 11) is 1.23. The molecule has 0 aliphatic carbocycles. The zero-order valence-electron chi connectivity index (χ0n) is 15.4. The van der Waals surface area contributed by atoms with Gasteiger partial charge in [0.2, 0.25) is 0 Å². The first-order valence-electron chi connectivity index (χ1n) is 8.54. The van der Waals surface area contributed by atoms with Crippen LogP contribution in [0.5, 0.6) is 0 Å². The second-order valence-corrected chi connectivity index (χ2v) is 6.20. The second-order valence-electron chi connectivity index (χ2n) is 6.20. The van der Waals surface area contributed by atoms with Crippen LogP contribution in [-0.4, -0.2) is 28.8 Å². The van der Waals surface area contributed by atoms with E-state index in [1.54, 1.807) is 19.1 Å². The molecule has 0 saturated heterocycles.